The first kappa shape index (κ1) is 16.8. The van der Waals surface area contributed by atoms with Gasteiger partial charge in [0.15, 0.2) is 0 Å². The summed E-state index contributed by atoms with van der Waals surface area (Å²) in [6.07, 6.45) is 3.48. The Morgan fingerprint density at radius 2 is 1.89 bits per heavy atom. The summed E-state index contributed by atoms with van der Waals surface area (Å²) in [4.78, 5) is 13.3. The van der Waals surface area contributed by atoms with E-state index >= 15 is 0 Å². The third-order valence-electron chi connectivity index (χ3n) is 4.28. The summed E-state index contributed by atoms with van der Waals surface area (Å²) in [5.41, 5.74) is 3.88. The minimum atomic E-state index is 0.574. The van der Waals surface area contributed by atoms with Crippen molar-refractivity contribution < 1.29 is 4.74 Å². The first-order chi connectivity index (χ1) is 13.2. The first-order valence-electron chi connectivity index (χ1n) is 8.60. The van der Waals surface area contributed by atoms with Gasteiger partial charge in [0.05, 0.1) is 30.7 Å². The minimum Gasteiger partial charge on any atom is -0.481 e. The number of pyridine rings is 2. The van der Waals surface area contributed by atoms with Crippen LogP contribution in [0.2, 0.25) is 0 Å². The Balaban J connectivity index is 1.54. The molecule has 0 aliphatic rings. The van der Waals surface area contributed by atoms with Crippen LogP contribution in [0.1, 0.15) is 5.56 Å². The molecule has 4 aromatic rings. The zero-order chi connectivity index (χ0) is 18.6. The smallest absolute Gasteiger partial charge is 0.213 e. The molecule has 0 saturated carbocycles. The van der Waals surface area contributed by atoms with Crippen LogP contribution in [0.4, 0.5) is 17.5 Å². The van der Waals surface area contributed by atoms with Gasteiger partial charge in [-0.3, -0.25) is 0 Å². The minimum absolute atomic E-state index is 0.574. The van der Waals surface area contributed by atoms with Crippen LogP contribution in [0.5, 0.6) is 5.88 Å². The van der Waals surface area contributed by atoms with Crippen LogP contribution in [-0.4, -0.2) is 26.6 Å². The average molecular weight is 360 g/mol. The van der Waals surface area contributed by atoms with Crippen LogP contribution in [0.15, 0.2) is 60.9 Å². The maximum atomic E-state index is 5.08. The molecule has 7 heteroatoms. The van der Waals surface area contributed by atoms with Gasteiger partial charge in [0.1, 0.15) is 11.3 Å². The number of aryl methyl sites for hydroxylation is 1. The fraction of sp³-hybridized carbons (Fsp3) is 0.150. The van der Waals surface area contributed by atoms with Crippen molar-refractivity contribution in [3.8, 4) is 5.88 Å². The van der Waals surface area contributed by atoms with E-state index in [1.165, 1.54) is 5.56 Å². The number of fused-ring (bicyclic) bond motifs is 1. The molecule has 2 N–H and O–H groups in total. The Bertz CT molecular complexity index is 1040. The maximum Gasteiger partial charge on any atom is 0.213 e. The van der Waals surface area contributed by atoms with Crippen molar-refractivity contribution in [2.75, 3.05) is 17.7 Å². The van der Waals surface area contributed by atoms with Crippen LogP contribution in [0.3, 0.4) is 0 Å². The Morgan fingerprint density at radius 1 is 1.04 bits per heavy atom. The van der Waals surface area contributed by atoms with Gasteiger partial charge in [-0.1, -0.05) is 30.3 Å². The molecule has 136 valence electrons. The van der Waals surface area contributed by atoms with Gasteiger partial charge in [-0.05, 0) is 11.6 Å². The highest BCUT2D eigenvalue weighted by molar-refractivity contribution is 5.81. The molecule has 0 spiro atoms. The van der Waals surface area contributed by atoms with Crippen molar-refractivity contribution in [2.24, 2.45) is 7.05 Å². The largest absolute Gasteiger partial charge is 0.481 e. The highest BCUT2D eigenvalue weighted by Gasteiger charge is 2.09. The van der Waals surface area contributed by atoms with Gasteiger partial charge in [-0.25, -0.2) is 15.0 Å². The lowest BCUT2D eigenvalue weighted by Gasteiger charge is -2.07. The van der Waals surface area contributed by atoms with Crippen LogP contribution < -0.4 is 15.4 Å². The second kappa shape index (κ2) is 7.33. The van der Waals surface area contributed by atoms with E-state index in [1.54, 1.807) is 25.6 Å². The second-order valence-electron chi connectivity index (χ2n) is 6.11. The van der Waals surface area contributed by atoms with Crippen molar-refractivity contribution >= 4 is 28.5 Å². The molecule has 3 heterocycles. The van der Waals surface area contributed by atoms with E-state index < -0.39 is 0 Å². The van der Waals surface area contributed by atoms with Crippen molar-refractivity contribution in [1.29, 1.82) is 0 Å². The van der Waals surface area contributed by atoms with Gasteiger partial charge in [0.25, 0.3) is 0 Å². The molecule has 3 aromatic heterocycles. The number of hydrogen-bond donors (Lipinski definition) is 2. The van der Waals surface area contributed by atoms with E-state index in [1.807, 2.05) is 41.9 Å². The number of hydrogen-bond acceptors (Lipinski definition) is 6. The van der Waals surface area contributed by atoms with E-state index in [9.17, 15) is 0 Å². The fourth-order valence-corrected chi connectivity index (χ4v) is 2.82. The molecule has 0 aliphatic carbocycles. The van der Waals surface area contributed by atoms with Gasteiger partial charge in [0, 0.05) is 25.7 Å². The van der Waals surface area contributed by atoms with Gasteiger partial charge in [0.2, 0.25) is 11.8 Å². The lowest BCUT2D eigenvalue weighted by molar-refractivity contribution is 0.398. The van der Waals surface area contributed by atoms with Crippen LogP contribution in [0.25, 0.3) is 11.0 Å². The van der Waals surface area contributed by atoms with E-state index in [0.29, 0.717) is 12.4 Å². The monoisotopic (exact) mass is 360 g/mol. The number of nitrogens with zero attached hydrogens (tertiary/aromatic N) is 4. The molecule has 0 saturated heterocycles. The lowest BCUT2D eigenvalue weighted by atomic mass is 10.2. The van der Waals surface area contributed by atoms with Crippen molar-refractivity contribution in [3.05, 3.63) is 66.5 Å². The average Bonchev–Trinajstić information content (AvgIpc) is 3.03. The molecule has 4 rings (SSSR count). The molecule has 0 bridgehead atoms. The van der Waals surface area contributed by atoms with E-state index in [4.69, 9.17) is 4.74 Å². The second-order valence-corrected chi connectivity index (χ2v) is 6.11. The SMILES string of the molecule is COc1ccc(Nc2cc3c(cn2)nc(NCc2ccccc2)n3C)cn1. The van der Waals surface area contributed by atoms with E-state index in [0.717, 1.165) is 28.5 Å². The highest BCUT2D eigenvalue weighted by atomic mass is 16.5. The molecule has 0 amide bonds. The number of imidazole rings is 1. The Kier molecular flexibility index (Phi) is 4.57. The zero-order valence-corrected chi connectivity index (χ0v) is 15.2. The number of ether oxygens (including phenoxy) is 1. The number of methoxy groups -OCH3 is 1. The van der Waals surface area contributed by atoms with Crippen LogP contribution >= 0.6 is 0 Å². The highest BCUT2D eigenvalue weighted by Crippen LogP contribution is 2.23. The maximum absolute atomic E-state index is 5.08. The summed E-state index contributed by atoms with van der Waals surface area (Å²) in [6, 6.07) is 15.9. The van der Waals surface area contributed by atoms with Crippen molar-refractivity contribution in [1.82, 2.24) is 19.5 Å². The molecule has 1 aromatic carbocycles. The summed E-state index contributed by atoms with van der Waals surface area (Å²) >= 11 is 0. The standard InChI is InChI=1S/C20H20N6O/c1-26-17-10-18(24-15-8-9-19(27-2)22-12-15)21-13-16(17)25-20(26)23-11-14-6-4-3-5-7-14/h3-10,12-13H,11H2,1-2H3,(H,21,24)(H,23,25). The molecule has 27 heavy (non-hydrogen) atoms. The molecule has 0 atom stereocenters. The van der Waals surface area contributed by atoms with Crippen LogP contribution in [-0.2, 0) is 13.6 Å². The third-order valence-corrected chi connectivity index (χ3v) is 4.28. The summed E-state index contributed by atoms with van der Waals surface area (Å²) in [5, 5.41) is 6.63. The zero-order valence-electron chi connectivity index (χ0n) is 15.2. The predicted molar refractivity (Wildman–Crippen MR) is 106 cm³/mol. The third kappa shape index (κ3) is 3.67. The molecule has 0 fully saturated rings. The number of rotatable bonds is 6. The van der Waals surface area contributed by atoms with E-state index in [2.05, 4.69) is 37.7 Å². The fourth-order valence-electron chi connectivity index (χ4n) is 2.82. The van der Waals surface area contributed by atoms with Gasteiger partial charge in [-0.2, -0.15) is 0 Å². The Morgan fingerprint density at radius 3 is 2.63 bits per heavy atom. The summed E-state index contributed by atoms with van der Waals surface area (Å²) < 4.78 is 7.10. The number of anilines is 3. The number of benzene rings is 1. The van der Waals surface area contributed by atoms with Crippen molar-refractivity contribution in [3.63, 3.8) is 0 Å². The Labute approximate surface area is 157 Å². The molecule has 0 unspecified atom stereocenters. The first-order valence-corrected chi connectivity index (χ1v) is 8.60. The summed E-state index contributed by atoms with van der Waals surface area (Å²) in [7, 11) is 3.58. The molecule has 0 radical (unpaired) electrons. The van der Waals surface area contributed by atoms with Gasteiger partial charge >= 0.3 is 0 Å². The number of aromatic nitrogens is 4. The summed E-state index contributed by atoms with van der Waals surface area (Å²) in [6.45, 7) is 0.716. The molecular formula is C20H20N6O. The predicted octanol–water partition coefficient (Wildman–Crippen LogP) is 3.73. The van der Waals surface area contributed by atoms with Gasteiger partial charge in [-0.15, -0.1) is 0 Å². The van der Waals surface area contributed by atoms with Gasteiger partial charge < -0.3 is 19.9 Å². The molecular weight excluding hydrogens is 340 g/mol. The number of nitrogens with one attached hydrogen (secondary N) is 2. The van der Waals surface area contributed by atoms with E-state index in [-0.39, 0.29) is 0 Å². The normalized spacial score (nSPS) is 10.7. The summed E-state index contributed by atoms with van der Waals surface area (Å²) in [5.74, 6) is 2.11. The molecule has 7 nitrogen and oxygen atoms in total. The lowest BCUT2D eigenvalue weighted by Crippen LogP contribution is -2.04. The quantitative estimate of drug-likeness (QED) is 0.546. The topological polar surface area (TPSA) is 76.9 Å². The van der Waals surface area contributed by atoms with Crippen molar-refractivity contribution in [2.45, 2.75) is 6.54 Å². The van der Waals surface area contributed by atoms with Crippen LogP contribution in [0, 0.1) is 0 Å². The molecule has 0 aliphatic heterocycles. The Hall–Kier alpha value is -3.61.